The van der Waals surface area contributed by atoms with Crippen LogP contribution in [0.5, 0.6) is 0 Å². The molecule has 0 bridgehead atoms. The zero-order valence-electron chi connectivity index (χ0n) is 11.0. The van der Waals surface area contributed by atoms with Crippen LogP contribution in [0.3, 0.4) is 0 Å². The van der Waals surface area contributed by atoms with E-state index in [0.29, 0.717) is 4.88 Å². The van der Waals surface area contributed by atoms with Crippen molar-refractivity contribution in [2.45, 2.75) is 26.0 Å². The average Bonchev–Trinajstić information content (AvgIpc) is 2.79. The van der Waals surface area contributed by atoms with Crippen LogP contribution < -0.4 is 10.6 Å². The lowest BCUT2D eigenvalue weighted by atomic mass is 10.2. The summed E-state index contributed by atoms with van der Waals surface area (Å²) in [5, 5.41) is 22.5. The number of carbonyl (C=O) groups is 3. The van der Waals surface area contributed by atoms with Crippen molar-refractivity contribution in [2.75, 3.05) is 6.54 Å². The molecule has 0 unspecified atom stereocenters. The lowest BCUT2D eigenvalue weighted by Crippen LogP contribution is -2.50. The van der Waals surface area contributed by atoms with E-state index in [2.05, 4.69) is 10.6 Å². The third-order valence-electron chi connectivity index (χ3n) is 2.44. The number of hydrogen-bond acceptors (Lipinski definition) is 5. The van der Waals surface area contributed by atoms with Gasteiger partial charge in [-0.15, -0.1) is 11.3 Å². The summed E-state index contributed by atoms with van der Waals surface area (Å²) in [6, 6.07) is 2.03. The summed E-state index contributed by atoms with van der Waals surface area (Å²) in [5.74, 6) is -2.42. The van der Waals surface area contributed by atoms with Gasteiger partial charge in [0.15, 0.2) is 6.04 Å². The number of thiophene rings is 1. The van der Waals surface area contributed by atoms with Gasteiger partial charge in [0.1, 0.15) is 0 Å². The van der Waals surface area contributed by atoms with Crippen LogP contribution in [-0.4, -0.2) is 46.7 Å². The van der Waals surface area contributed by atoms with E-state index >= 15 is 0 Å². The van der Waals surface area contributed by atoms with Crippen LogP contribution >= 0.6 is 11.3 Å². The molecule has 2 amide bonds. The molecule has 110 valence electrons. The SMILES string of the molecule is Cc1ccc(C(=O)NCC(=O)N[C@H](C(=O)O)[C@@H](C)O)s1. The molecule has 0 aliphatic heterocycles. The molecule has 20 heavy (non-hydrogen) atoms. The number of nitrogens with one attached hydrogen (secondary N) is 2. The summed E-state index contributed by atoms with van der Waals surface area (Å²) >= 11 is 1.29. The molecule has 0 saturated heterocycles. The summed E-state index contributed by atoms with van der Waals surface area (Å²) in [4.78, 5) is 35.4. The first kappa shape index (κ1) is 16.1. The number of carbonyl (C=O) groups excluding carboxylic acids is 2. The second-order valence-corrected chi connectivity index (χ2v) is 5.50. The van der Waals surface area contributed by atoms with Crippen LogP contribution in [0.2, 0.25) is 0 Å². The molecular formula is C12H16N2O5S. The summed E-state index contributed by atoms with van der Waals surface area (Å²) < 4.78 is 0. The van der Waals surface area contributed by atoms with Gasteiger partial charge in [-0.2, -0.15) is 0 Å². The summed E-state index contributed by atoms with van der Waals surface area (Å²) in [5.41, 5.74) is 0. The zero-order valence-corrected chi connectivity index (χ0v) is 11.9. The molecule has 0 saturated carbocycles. The summed E-state index contributed by atoms with van der Waals surface area (Å²) in [6.07, 6.45) is -1.23. The molecule has 0 radical (unpaired) electrons. The van der Waals surface area contributed by atoms with Gasteiger partial charge in [-0.05, 0) is 26.0 Å². The van der Waals surface area contributed by atoms with Crippen LogP contribution in [0.25, 0.3) is 0 Å². The Morgan fingerprint density at radius 2 is 2.00 bits per heavy atom. The first-order valence-electron chi connectivity index (χ1n) is 5.86. The van der Waals surface area contributed by atoms with Crippen molar-refractivity contribution in [2.24, 2.45) is 0 Å². The Balaban J connectivity index is 2.47. The molecule has 4 N–H and O–H groups in total. The van der Waals surface area contributed by atoms with E-state index in [1.165, 1.54) is 18.3 Å². The largest absolute Gasteiger partial charge is 0.480 e. The fourth-order valence-corrected chi connectivity index (χ4v) is 2.20. The van der Waals surface area contributed by atoms with E-state index in [-0.39, 0.29) is 6.54 Å². The van der Waals surface area contributed by atoms with Gasteiger partial charge in [0, 0.05) is 4.88 Å². The third kappa shape index (κ3) is 4.63. The normalized spacial score (nSPS) is 13.3. The van der Waals surface area contributed by atoms with Crippen molar-refractivity contribution in [3.63, 3.8) is 0 Å². The molecule has 0 aliphatic rings. The number of carboxylic acids is 1. The number of aliphatic carboxylic acids is 1. The Labute approximate surface area is 119 Å². The van der Waals surface area contributed by atoms with Gasteiger partial charge in [0.2, 0.25) is 5.91 Å². The molecule has 0 spiro atoms. The number of rotatable bonds is 6. The third-order valence-corrected chi connectivity index (χ3v) is 3.44. The van der Waals surface area contributed by atoms with Crippen LogP contribution in [0.1, 0.15) is 21.5 Å². The topological polar surface area (TPSA) is 116 Å². The predicted octanol–water partition coefficient (Wildman–Crippen LogP) is -0.263. The highest BCUT2D eigenvalue weighted by atomic mass is 32.1. The lowest BCUT2D eigenvalue weighted by molar-refractivity contribution is -0.144. The van der Waals surface area contributed by atoms with Gasteiger partial charge in [-0.3, -0.25) is 9.59 Å². The van der Waals surface area contributed by atoms with Crippen molar-refractivity contribution in [3.05, 3.63) is 21.9 Å². The molecule has 0 aromatic carbocycles. The van der Waals surface area contributed by atoms with E-state index in [9.17, 15) is 19.5 Å². The number of aliphatic hydroxyl groups is 1. The van der Waals surface area contributed by atoms with Gasteiger partial charge >= 0.3 is 5.97 Å². The minimum Gasteiger partial charge on any atom is -0.480 e. The minimum absolute atomic E-state index is 0.355. The molecule has 7 nitrogen and oxygen atoms in total. The van der Waals surface area contributed by atoms with Crippen molar-refractivity contribution >= 4 is 29.1 Å². The highest BCUT2D eigenvalue weighted by Crippen LogP contribution is 2.14. The molecule has 1 aromatic rings. The molecule has 1 rings (SSSR count). The standard InChI is InChI=1S/C12H16N2O5S/c1-6-3-4-8(20-6)11(17)13-5-9(16)14-10(7(2)15)12(18)19/h3-4,7,10,15H,5H2,1-2H3,(H,13,17)(H,14,16)(H,18,19)/t7-,10+/m1/s1. The second kappa shape index (κ2) is 7.01. The van der Waals surface area contributed by atoms with Gasteiger partial charge in [0.05, 0.1) is 17.5 Å². The molecule has 2 atom stereocenters. The number of hydrogen-bond donors (Lipinski definition) is 4. The quantitative estimate of drug-likeness (QED) is 0.577. The van der Waals surface area contributed by atoms with E-state index in [0.717, 1.165) is 4.88 Å². The minimum atomic E-state index is -1.40. The first-order valence-corrected chi connectivity index (χ1v) is 6.67. The molecule has 0 aliphatic carbocycles. The van der Waals surface area contributed by atoms with Crippen molar-refractivity contribution in [3.8, 4) is 0 Å². The monoisotopic (exact) mass is 300 g/mol. The zero-order chi connectivity index (χ0) is 15.3. The maximum Gasteiger partial charge on any atom is 0.328 e. The van der Waals surface area contributed by atoms with Crippen LogP contribution in [0.4, 0.5) is 0 Å². The second-order valence-electron chi connectivity index (χ2n) is 4.22. The van der Waals surface area contributed by atoms with Gasteiger partial charge in [-0.1, -0.05) is 0 Å². The predicted molar refractivity (Wildman–Crippen MR) is 72.6 cm³/mol. The molecule has 1 heterocycles. The Bertz CT molecular complexity index is 512. The number of aryl methyl sites for hydroxylation is 1. The van der Waals surface area contributed by atoms with Crippen LogP contribution in [-0.2, 0) is 9.59 Å². The first-order chi connectivity index (χ1) is 9.31. The van der Waals surface area contributed by atoms with Crippen molar-refractivity contribution in [1.82, 2.24) is 10.6 Å². The van der Waals surface area contributed by atoms with E-state index < -0.39 is 29.9 Å². The lowest BCUT2D eigenvalue weighted by Gasteiger charge is -2.17. The number of amides is 2. The Hall–Kier alpha value is -1.93. The fourth-order valence-electron chi connectivity index (χ4n) is 1.42. The molecule has 1 aromatic heterocycles. The number of aliphatic hydroxyl groups excluding tert-OH is 1. The van der Waals surface area contributed by atoms with Crippen molar-refractivity contribution < 1.29 is 24.6 Å². The van der Waals surface area contributed by atoms with E-state index in [1.54, 1.807) is 12.1 Å². The molecular weight excluding hydrogens is 284 g/mol. The van der Waals surface area contributed by atoms with Gasteiger partial charge < -0.3 is 20.8 Å². The van der Waals surface area contributed by atoms with E-state index in [1.807, 2.05) is 6.92 Å². The fraction of sp³-hybridized carbons (Fsp3) is 0.417. The molecule has 0 fully saturated rings. The van der Waals surface area contributed by atoms with Gasteiger partial charge in [-0.25, -0.2) is 4.79 Å². The highest BCUT2D eigenvalue weighted by molar-refractivity contribution is 7.13. The van der Waals surface area contributed by atoms with Crippen LogP contribution in [0, 0.1) is 6.92 Å². The Morgan fingerprint density at radius 1 is 1.35 bits per heavy atom. The Kier molecular flexibility index (Phi) is 5.66. The van der Waals surface area contributed by atoms with Crippen molar-refractivity contribution in [1.29, 1.82) is 0 Å². The summed E-state index contributed by atoms with van der Waals surface area (Å²) in [6.45, 7) is 2.76. The number of carboxylic acid groups (broad SMARTS) is 1. The Morgan fingerprint density at radius 3 is 2.45 bits per heavy atom. The summed E-state index contributed by atoms with van der Waals surface area (Å²) in [7, 11) is 0. The average molecular weight is 300 g/mol. The van der Waals surface area contributed by atoms with E-state index in [4.69, 9.17) is 5.11 Å². The van der Waals surface area contributed by atoms with Gasteiger partial charge in [0.25, 0.3) is 5.91 Å². The van der Waals surface area contributed by atoms with Crippen LogP contribution in [0.15, 0.2) is 12.1 Å². The smallest absolute Gasteiger partial charge is 0.328 e. The molecule has 8 heteroatoms. The maximum absolute atomic E-state index is 11.7. The highest BCUT2D eigenvalue weighted by Gasteiger charge is 2.24. The maximum atomic E-state index is 11.7.